The summed E-state index contributed by atoms with van der Waals surface area (Å²) in [6.45, 7) is 0. The van der Waals surface area contributed by atoms with Gasteiger partial charge in [0.15, 0.2) is 0 Å². The van der Waals surface area contributed by atoms with Crippen molar-refractivity contribution < 1.29 is 9.52 Å². The molecule has 1 aromatic carbocycles. The fourth-order valence-corrected chi connectivity index (χ4v) is 4.76. The number of rotatable bonds is 8. The van der Waals surface area contributed by atoms with E-state index in [0.29, 0.717) is 5.76 Å². The molecule has 0 saturated heterocycles. The molecule has 1 unspecified atom stereocenters. The third kappa shape index (κ3) is 3.39. The van der Waals surface area contributed by atoms with E-state index < -0.39 is 11.2 Å². The molecule has 3 aliphatic carbocycles. The first-order chi connectivity index (χ1) is 13.6. The first-order valence-corrected chi connectivity index (χ1v) is 10.8. The van der Waals surface area contributed by atoms with Crippen LogP contribution in [0, 0.1) is 17.8 Å². The van der Waals surface area contributed by atoms with Crippen molar-refractivity contribution >= 4 is 0 Å². The van der Waals surface area contributed by atoms with E-state index in [1.807, 2.05) is 30.3 Å². The average Bonchev–Trinajstić information content (AvgIpc) is 3.54. The van der Waals surface area contributed by atoms with Gasteiger partial charge in [-0.25, -0.2) is 4.79 Å². The zero-order valence-electron chi connectivity index (χ0n) is 16.3. The summed E-state index contributed by atoms with van der Waals surface area (Å²) in [5.74, 6) is 2.54. The van der Waals surface area contributed by atoms with Crippen LogP contribution in [0.5, 0.6) is 5.75 Å². The molecular formula is C24H29NO3. The molecule has 5 rings (SSSR count). The molecule has 1 aromatic heterocycles. The van der Waals surface area contributed by atoms with Gasteiger partial charge in [0.05, 0.1) is 5.54 Å². The second-order valence-electron chi connectivity index (χ2n) is 9.26. The Balaban J connectivity index is 1.54. The third-order valence-corrected chi connectivity index (χ3v) is 6.87. The fraction of sp³-hybridized carbons (Fsp3) is 0.542. The summed E-state index contributed by atoms with van der Waals surface area (Å²) < 4.78 is 5.86. The van der Waals surface area contributed by atoms with Crippen molar-refractivity contribution in [3.05, 3.63) is 63.7 Å². The van der Waals surface area contributed by atoms with Gasteiger partial charge in [0, 0.05) is 12.0 Å². The number of hydrogen-bond acceptors (Lipinski definition) is 4. The maximum Gasteiger partial charge on any atom is 0.345 e. The van der Waals surface area contributed by atoms with Crippen LogP contribution in [0.2, 0.25) is 0 Å². The standard InChI is InChI=1S/C24H29NO3/c25-24(19-10-11-19,18-4-2-1-3-5-18)22-20(26)14-21(28-23(22)27)17(12-15-6-7-15)13-16-8-9-16/h1-5,14-17,19,26H,6-13,25H2. The molecule has 1 atom stereocenters. The van der Waals surface area contributed by atoms with E-state index in [1.165, 1.54) is 25.7 Å². The molecule has 2 aromatic rings. The van der Waals surface area contributed by atoms with Crippen LogP contribution in [-0.4, -0.2) is 5.11 Å². The second-order valence-corrected chi connectivity index (χ2v) is 9.26. The number of nitrogens with two attached hydrogens (primary N) is 1. The van der Waals surface area contributed by atoms with Crippen LogP contribution in [0.25, 0.3) is 0 Å². The molecule has 0 bridgehead atoms. The highest BCUT2D eigenvalue weighted by Crippen LogP contribution is 2.50. The van der Waals surface area contributed by atoms with Crippen LogP contribution in [0.4, 0.5) is 0 Å². The first kappa shape index (κ1) is 18.0. The van der Waals surface area contributed by atoms with E-state index >= 15 is 0 Å². The Morgan fingerprint density at radius 1 is 1.04 bits per heavy atom. The van der Waals surface area contributed by atoms with Crippen molar-refractivity contribution in [1.82, 2.24) is 0 Å². The summed E-state index contributed by atoms with van der Waals surface area (Å²) in [6.07, 6.45) is 9.14. The molecule has 3 fully saturated rings. The SMILES string of the molecule is NC(c1ccccc1)(c1c(O)cc(C(CC2CC2)CC2CC2)oc1=O)C1CC1. The normalized spacial score (nSPS) is 21.6. The van der Waals surface area contributed by atoms with E-state index in [4.69, 9.17) is 10.2 Å². The molecule has 4 heteroatoms. The lowest BCUT2D eigenvalue weighted by Crippen LogP contribution is -2.44. The Morgan fingerprint density at radius 2 is 1.64 bits per heavy atom. The molecule has 28 heavy (non-hydrogen) atoms. The summed E-state index contributed by atoms with van der Waals surface area (Å²) >= 11 is 0. The van der Waals surface area contributed by atoms with Gasteiger partial charge in [-0.3, -0.25) is 0 Å². The molecule has 148 valence electrons. The molecule has 4 nitrogen and oxygen atoms in total. The van der Waals surface area contributed by atoms with Crippen LogP contribution >= 0.6 is 0 Å². The largest absolute Gasteiger partial charge is 0.507 e. The van der Waals surface area contributed by atoms with Gasteiger partial charge in [0.2, 0.25) is 0 Å². The summed E-state index contributed by atoms with van der Waals surface area (Å²) in [6, 6.07) is 11.4. The van der Waals surface area contributed by atoms with Crippen LogP contribution in [0.1, 0.15) is 74.2 Å². The highest BCUT2D eigenvalue weighted by Gasteiger charge is 2.48. The summed E-state index contributed by atoms with van der Waals surface area (Å²) in [4.78, 5) is 13.1. The maximum absolute atomic E-state index is 13.1. The van der Waals surface area contributed by atoms with Crippen LogP contribution in [0.15, 0.2) is 45.6 Å². The summed E-state index contributed by atoms with van der Waals surface area (Å²) in [5, 5.41) is 11.0. The third-order valence-electron chi connectivity index (χ3n) is 6.87. The van der Waals surface area contributed by atoms with E-state index in [-0.39, 0.29) is 23.1 Å². The van der Waals surface area contributed by atoms with E-state index in [2.05, 4.69) is 0 Å². The van der Waals surface area contributed by atoms with Crippen molar-refractivity contribution in [2.45, 2.75) is 62.8 Å². The highest BCUT2D eigenvalue weighted by atomic mass is 16.4. The quantitative estimate of drug-likeness (QED) is 0.700. The lowest BCUT2D eigenvalue weighted by Gasteiger charge is -2.30. The van der Waals surface area contributed by atoms with E-state index in [9.17, 15) is 9.90 Å². The Kier molecular flexibility index (Phi) is 4.35. The highest BCUT2D eigenvalue weighted by molar-refractivity contribution is 5.46. The van der Waals surface area contributed by atoms with Crippen molar-refractivity contribution in [1.29, 1.82) is 0 Å². The van der Waals surface area contributed by atoms with Gasteiger partial charge in [-0.2, -0.15) is 0 Å². The molecule has 0 radical (unpaired) electrons. The maximum atomic E-state index is 13.1. The van der Waals surface area contributed by atoms with Crippen molar-refractivity contribution in [3.8, 4) is 5.75 Å². The van der Waals surface area contributed by atoms with Crippen LogP contribution in [-0.2, 0) is 5.54 Å². The van der Waals surface area contributed by atoms with Gasteiger partial charge < -0.3 is 15.3 Å². The summed E-state index contributed by atoms with van der Waals surface area (Å²) in [5.41, 5.74) is 6.46. The zero-order chi connectivity index (χ0) is 19.3. The van der Waals surface area contributed by atoms with Crippen molar-refractivity contribution in [2.75, 3.05) is 0 Å². The van der Waals surface area contributed by atoms with Gasteiger partial charge >= 0.3 is 5.63 Å². The van der Waals surface area contributed by atoms with E-state index in [0.717, 1.165) is 43.1 Å². The lowest BCUT2D eigenvalue weighted by atomic mass is 9.79. The second kappa shape index (κ2) is 6.77. The first-order valence-electron chi connectivity index (χ1n) is 10.8. The van der Waals surface area contributed by atoms with Gasteiger partial charge in [-0.15, -0.1) is 0 Å². The fourth-order valence-electron chi connectivity index (χ4n) is 4.76. The Bertz CT molecular complexity index is 895. The van der Waals surface area contributed by atoms with Crippen molar-refractivity contribution in [3.63, 3.8) is 0 Å². The van der Waals surface area contributed by atoms with Crippen LogP contribution < -0.4 is 11.4 Å². The molecule has 1 heterocycles. The number of aromatic hydroxyl groups is 1. The monoisotopic (exact) mass is 379 g/mol. The minimum absolute atomic E-state index is 0.00102. The van der Waals surface area contributed by atoms with E-state index in [1.54, 1.807) is 6.07 Å². The predicted molar refractivity (Wildman–Crippen MR) is 108 cm³/mol. The molecule has 0 aliphatic heterocycles. The molecule has 3 saturated carbocycles. The molecule has 3 N–H and O–H groups in total. The minimum Gasteiger partial charge on any atom is -0.507 e. The minimum atomic E-state index is -0.993. The topological polar surface area (TPSA) is 76.5 Å². The summed E-state index contributed by atoms with van der Waals surface area (Å²) in [7, 11) is 0. The molecule has 3 aliphatic rings. The Labute approximate surface area is 165 Å². The number of benzene rings is 1. The lowest BCUT2D eigenvalue weighted by molar-refractivity contribution is 0.338. The number of hydrogen-bond donors (Lipinski definition) is 2. The van der Waals surface area contributed by atoms with Gasteiger partial charge in [0.1, 0.15) is 17.1 Å². The molecule has 0 spiro atoms. The predicted octanol–water partition coefficient (Wildman–Crippen LogP) is 4.64. The van der Waals surface area contributed by atoms with Gasteiger partial charge in [0.25, 0.3) is 0 Å². The molecular weight excluding hydrogens is 350 g/mol. The van der Waals surface area contributed by atoms with Crippen LogP contribution in [0.3, 0.4) is 0 Å². The zero-order valence-corrected chi connectivity index (χ0v) is 16.3. The Hall–Kier alpha value is -2.07. The Morgan fingerprint density at radius 3 is 2.14 bits per heavy atom. The average molecular weight is 380 g/mol. The smallest absolute Gasteiger partial charge is 0.345 e. The molecule has 0 amide bonds. The van der Waals surface area contributed by atoms with Gasteiger partial charge in [-0.1, -0.05) is 56.0 Å². The van der Waals surface area contributed by atoms with Gasteiger partial charge in [-0.05, 0) is 49.0 Å². The van der Waals surface area contributed by atoms with Crippen molar-refractivity contribution in [2.24, 2.45) is 23.5 Å².